The molecule has 0 bridgehead atoms. The van der Waals surface area contributed by atoms with Crippen molar-refractivity contribution in [3.05, 3.63) is 42.2 Å². The molecule has 0 radical (unpaired) electrons. The van der Waals surface area contributed by atoms with Crippen LogP contribution in [0.2, 0.25) is 0 Å². The molecular formula is C18H19F2N3O3S. The Kier molecular flexibility index (Phi) is 4.38. The molecule has 0 fully saturated rings. The van der Waals surface area contributed by atoms with Crippen LogP contribution < -0.4 is 10.5 Å². The lowest BCUT2D eigenvalue weighted by molar-refractivity contribution is 0.401. The first-order valence-corrected chi connectivity index (χ1v) is 9.50. The van der Waals surface area contributed by atoms with Gasteiger partial charge in [0.2, 0.25) is 0 Å². The first-order valence-electron chi connectivity index (χ1n) is 8.02. The standard InChI is InChI=1S/C18H19F2N3O3S/c1-18(2,3)27(24,25)15-9-23-13(8-22-16(23)7-14(15)26-4)11-5-10(19)6-12(21)17(11)20/h5-9H,21H2,1-4H3. The monoisotopic (exact) mass is 395 g/mol. The van der Waals surface area contributed by atoms with Crippen molar-refractivity contribution >= 4 is 21.2 Å². The summed E-state index contributed by atoms with van der Waals surface area (Å²) in [4.78, 5) is 4.07. The van der Waals surface area contributed by atoms with Crippen LogP contribution in [0.4, 0.5) is 14.5 Å². The van der Waals surface area contributed by atoms with E-state index in [9.17, 15) is 17.2 Å². The number of halogens is 2. The van der Waals surface area contributed by atoms with Gasteiger partial charge in [0.1, 0.15) is 22.1 Å². The molecule has 0 atom stereocenters. The molecule has 0 amide bonds. The predicted molar refractivity (Wildman–Crippen MR) is 98.4 cm³/mol. The van der Waals surface area contributed by atoms with Gasteiger partial charge in [-0.2, -0.15) is 0 Å². The maximum absolute atomic E-state index is 14.5. The molecule has 0 unspecified atom stereocenters. The number of ether oxygens (including phenoxy) is 1. The predicted octanol–water partition coefficient (Wildman–Crippen LogP) is 3.44. The Labute approximate surface area is 155 Å². The van der Waals surface area contributed by atoms with Crippen molar-refractivity contribution in [1.29, 1.82) is 0 Å². The number of pyridine rings is 1. The Morgan fingerprint density at radius 2 is 1.85 bits per heavy atom. The summed E-state index contributed by atoms with van der Waals surface area (Å²) in [6.07, 6.45) is 2.62. The molecule has 27 heavy (non-hydrogen) atoms. The minimum absolute atomic E-state index is 0.0750. The van der Waals surface area contributed by atoms with Crippen molar-refractivity contribution in [3.8, 4) is 17.0 Å². The van der Waals surface area contributed by atoms with E-state index in [1.54, 1.807) is 20.8 Å². The van der Waals surface area contributed by atoms with Gasteiger partial charge in [0.05, 0.1) is 29.4 Å². The molecule has 2 aromatic heterocycles. The van der Waals surface area contributed by atoms with E-state index in [2.05, 4.69) is 4.98 Å². The van der Waals surface area contributed by atoms with Gasteiger partial charge < -0.3 is 10.5 Å². The average molecular weight is 395 g/mol. The number of anilines is 1. The van der Waals surface area contributed by atoms with Crippen molar-refractivity contribution < 1.29 is 21.9 Å². The van der Waals surface area contributed by atoms with Crippen LogP contribution in [0.1, 0.15) is 20.8 Å². The van der Waals surface area contributed by atoms with E-state index >= 15 is 0 Å². The smallest absolute Gasteiger partial charge is 0.188 e. The molecule has 144 valence electrons. The highest BCUT2D eigenvalue weighted by Crippen LogP contribution is 2.35. The normalized spacial score (nSPS) is 12.5. The number of fused-ring (bicyclic) bond motifs is 1. The molecule has 3 rings (SSSR count). The van der Waals surface area contributed by atoms with Crippen LogP contribution in [0.25, 0.3) is 16.9 Å². The zero-order chi connectivity index (χ0) is 20.1. The Balaban J connectivity index is 2.36. The van der Waals surface area contributed by atoms with Gasteiger partial charge in [-0.05, 0) is 32.9 Å². The third kappa shape index (κ3) is 3.01. The molecule has 9 heteroatoms. The number of sulfone groups is 1. The van der Waals surface area contributed by atoms with E-state index in [0.717, 1.165) is 12.1 Å². The highest BCUT2D eigenvalue weighted by molar-refractivity contribution is 7.92. The van der Waals surface area contributed by atoms with Crippen LogP contribution >= 0.6 is 0 Å². The zero-order valence-electron chi connectivity index (χ0n) is 15.2. The van der Waals surface area contributed by atoms with E-state index < -0.39 is 26.2 Å². The molecule has 0 spiro atoms. The van der Waals surface area contributed by atoms with Crippen molar-refractivity contribution in [2.24, 2.45) is 0 Å². The molecule has 3 aromatic rings. The molecule has 2 N–H and O–H groups in total. The summed E-state index contributed by atoms with van der Waals surface area (Å²) >= 11 is 0. The third-order valence-corrected chi connectivity index (χ3v) is 6.73. The van der Waals surface area contributed by atoms with Crippen LogP contribution in [-0.4, -0.2) is 29.7 Å². The number of nitrogens with zero attached hydrogens (tertiary/aromatic N) is 2. The van der Waals surface area contributed by atoms with Crippen molar-refractivity contribution in [3.63, 3.8) is 0 Å². The van der Waals surface area contributed by atoms with E-state index in [-0.39, 0.29) is 27.6 Å². The van der Waals surface area contributed by atoms with Gasteiger partial charge in [-0.1, -0.05) is 0 Å². The first-order chi connectivity index (χ1) is 12.5. The van der Waals surface area contributed by atoms with Gasteiger partial charge in [0.25, 0.3) is 0 Å². The number of aromatic nitrogens is 2. The minimum atomic E-state index is -3.78. The summed E-state index contributed by atoms with van der Waals surface area (Å²) in [5.41, 5.74) is 5.53. The molecule has 0 aliphatic carbocycles. The fourth-order valence-electron chi connectivity index (χ4n) is 2.67. The Morgan fingerprint density at radius 3 is 2.44 bits per heavy atom. The van der Waals surface area contributed by atoms with E-state index in [0.29, 0.717) is 5.65 Å². The van der Waals surface area contributed by atoms with E-state index in [1.165, 1.54) is 30.0 Å². The lowest BCUT2D eigenvalue weighted by Gasteiger charge is -2.21. The fraction of sp³-hybridized carbons (Fsp3) is 0.278. The highest BCUT2D eigenvalue weighted by atomic mass is 32.2. The molecule has 0 saturated carbocycles. The number of hydrogen-bond donors (Lipinski definition) is 1. The second-order valence-electron chi connectivity index (χ2n) is 7.05. The first kappa shape index (κ1) is 19.1. The van der Waals surface area contributed by atoms with Gasteiger partial charge in [-0.3, -0.25) is 4.40 Å². The minimum Gasteiger partial charge on any atom is -0.495 e. The third-order valence-electron chi connectivity index (χ3n) is 4.23. The van der Waals surface area contributed by atoms with Crippen LogP contribution in [0.5, 0.6) is 5.75 Å². The topological polar surface area (TPSA) is 86.7 Å². The summed E-state index contributed by atoms with van der Waals surface area (Å²) in [5, 5.41) is 0. The molecule has 2 heterocycles. The number of methoxy groups -OCH3 is 1. The number of nitrogen functional groups attached to an aromatic ring is 1. The van der Waals surface area contributed by atoms with Gasteiger partial charge in [0, 0.05) is 17.8 Å². The van der Waals surface area contributed by atoms with Crippen LogP contribution in [0, 0.1) is 11.6 Å². The molecule has 0 aliphatic heterocycles. The lowest BCUT2D eigenvalue weighted by Crippen LogP contribution is -2.28. The molecule has 0 aliphatic rings. The van der Waals surface area contributed by atoms with Gasteiger partial charge >= 0.3 is 0 Å². The quantitative estimate of drug-likeness (QED) is 0.687. The summed E-state index contributed by atoms with van der Waals surface area (Å²) in [6, 6.07) is 3.29. The number of rotatable bonds is 3. The van der Waals surface area contributed by atoms with E-state index in [1.807, 2.05) is 0 Å². The van der Waals surface area contributed by atoms with Crippen molar-refractivity contribution in [2.45, 2.75) is 30.4 Å². The van der Waals surface area contributed by atoms with E-state index in [4.69, 9.17) is 10.5 Å². The fourth-order valence-corrected chi connectivity index (χ4v) is 3.99. The van der Waals surface area contributed by atoms with Crippen LogP contribution in [0.15, 0.2) is 35.5 Å². The van der Waals surface area contributed by atoms with Gasteiger partial charge in [-0.25, -0.2) is 22.2 Å². The average Bonchev–Trinajstić information content (AvgIpc) is 2.98. The number of benzene rings is 1. The summed E-state index contributed by atoms with van der Waals surface area (Å²) in [6.45, 7) is 4.69. The number of hydrogen-bond acceptors (Lipinski definition) is 5. The number of nitrogens with two attached hydrogens (primary N) is 1. The molecule has 0 saturated heterocycles. The van der Waals surface area contributed by atoms with Crippen molar-refractivity contribution in [2.75, 3.05) is 12.8 Å². The van der Waals surface area contributed by atoms with Gasteiger partial charge in [0.15, 0.2) is 15.7 Å². The second kappa shape index (κ2) is 6.19. The van der Waals surface area contributed by atoms with Crippen LogP contribution in [-0.2, 0) is 9.84 Å². The Hall–Kier alpha value is -2.68. The van der Waals surface area contributed by atoms with Crippen molar-refractivity contribution in [1.82, 2.24) is 9.38 Å². The summed E-state index contributed by atoms with van der Waals surface area (Å²) in [5.74, 6) is -1.40. The Bertz CT molecular complexity index is 1150. The zero-order valence-corrected chi connectivity index (χ0v) is 16.1. The summed E-state index contributed by atoms with van der Waals surface area (Å²) in [7, 11) is -2.43. The largest absolute Gasteiger partial charge is 0.495 e. The SMILES string of the molecule is COc1cc2ncc(-c3cc(F)cc(N)c3F)n2cc1S(=O)(=O)C(C)(C)C. The second-order valence-corrected chi connectivity index (χ2v) is 9.72. The maximum Gasteiger partial charge on any atom is 0.188 e. The summed E-state index contributed by atoms with van der Waals surface area (Å²) < 4.78 is 59.6. The highest BCUT2D eigenvalue weighted by Gasteiger charge is 2.34. The van der Waals surface area contributed by atoms with Crippen LogP contribution in [0.3, 0.4) is 0 Å². The molecular weight excluding hydrogens is 376 g/mol. The Morgan fingerprint density at radius 1 is 1.19 bits per heavy atom. The lowest BCUT2D eigenvalue weighted by atomic mass is 10.1. The molecule has 6 nitrogen and oxygen atoms in total. The molecule has 1 aromatic carbocycles. The van der Waals surface area contributed by atoms with Gasteiger partial charge in [-0.15, -0.1) is 0 Å². The maximum atomic E-state index is 14.5. The number of imidazole rings is 1.